The molecule has 3 aromatic rings. The summed E-state index contributed by atoms with van der Waals surface area (Å²) < 4.78 is 7.37. The van der Waals surface area contributed by atoms with E-state index < -0.39 is 0 Å². The van der Waals surface area contributed by atoms with Crippen LogP contribution in [0.3, 0.4) is 0 Å². The summed E-state index contributed by atoms with van der Waals surface area (Å²) in [6, 6.07) is 18.1. The second kappa shape index (κ2) is 10.8. The summed E-state index contributed by atoms with van der Waals surface area (Å²) in [6.07, 6.45) is 1.77. The van der Waals surface area contributed by atoms with Gasteiger partial charge in [0.1, 0.15) is 5.75 Å². The third-order valence-electron chi connectivity index (χ3n) is 4.73. The summed E-state index contributed by atoms with van der Waals surface area (Å²) in [6.45, 7) is 5.35. The van der Waals surface area contributed by atoms with Gasteiger partial charge in [-0.15, -0.1) is 10.2 Å². The number of carbonyl (C=O) groups is 1. The minimum absolute atomic E-state index is 0.0189. The molecule has 7 heteroatoms. The van der Waals surface area contributed by atoms with Crippen LogP contribution in [0.4, 0.5) is 0 Å². The largest absolute Gasteiger partial charge is 0.497 e. The molecule has 0 fully saturated rings. The van der Waals surface area contributed by atoms with Crippen LogP contribution in [0, 0.1) is 0 Å². The summed E-state index contributed by atoms with van der Waals surface area (Å²) in [5.41, 5.74) is 2.21. The maximum absolute atomic E-state index is 12.3. The van der Waals surface area contributed by atoms with Crippen molar-refractivity contribution in [3.63, 3.8) is 0 Å². The minimum atomic E-state index is -0.250. The first-order chi connectivity index (χ1) is 14.6. The lowest BCUT2D eigenvalue weighted by molar-refractivity contribution is -0.120. The SMILES string of the molecule is CCCNC(=O)C(C)Sc1nnc(-c2ccc(OC)cc2)n1CCc1ccccc1. The molecule has 0 spiro atoms. The Hall–Kier alpha value is -2.80. The summed E-state index contributed by atoms with van der Waals surface area (Å²) in [5.74, 6) is 1.60. The highest BCUT2D eigenvalue weighted by Crippen LogP contribution is 2.28. The van der Waals surface area contributed by atoms with E-state index >= 15 is 0 Å². The van der Waals surface area contributed by atoms with Crippen LogP contribution in [0.1, 0.15) is 25.8 Å². The molecule has 1 unspecified atom stereocenters. The summed E-state index contributed by atoms with van der Waals surface area (Å²) in [5, 5.41) is 12.3. The maximum atomic E-state index is 12.3. The number of carbonyl (C=O) groups excluding carboxylic acids is 1. The molecule has 0 bridgehead atoms. The van der Waals surface area contributed by atoms with Gasteiger partial charge < -0.3 is 14.6 Å². The van der Waals surface area contributed by atoms with Gasteiger partial charge in [-0.2, -0.15) is 0 Å². The van der Waals surface area contributed by atoms with E-state index in [-0.39, 0.29) is 11.2 Å². The molecule has 1 aromatic heterocycles. The first kappa shape index (κ1) is 21.9. The Bertz CT molecular complexity index is 942. The third-order valence-corrected chi connectivity index (χ3v) is 5.81. The van der Waals surface area contributed by atoms with Crippen molar-refractivity contribution in [2.24, 2.45) is 0 Å². The quantitative estimate of drug-likeness (QED) is 0.494. The van der Waals surface area contributed by atoms with Gasteiger partial charge in [-0.25, -0.2) is 0 Å². The molecule has 3 rings (SSSR count). The fourth-order valence-electron chi connectivity index (χ4n) is 3.02. The van der Waals surface area contributed by atoms with Crippen molar-refractivity contribution >= 4 is 17.7 Å². The lowest BCUT2D eigenvalue weighted by Crippen LogP contribution is -2.31. The molecule has 0 saturated carbocycles. The van der Waals surface area contributed by atoms with Crippen LogP contribution < -0.4 is 10.1 Å². The Morgan fingerprint density at radius 3 is 2.53 bits per heavy atom. The van der Waals surface area contributed by atoms with E-state index in [1.54, 1.807) is 7.11 Å². The van der Waals surface area contributed by atoms with Gasteiger partial charge in [0.05, 0.1) is 12.4 Å². The molecular weight excluding hydrogens is 396 g/mol. The van der Waals surface area contributed by atoms with E-state index in [4.69, 9.17) is 4.74 Å². The van der Waals surface area contributed by atoms with E-state index in [0.29, 0.717) is 6.54 Å². The zero-order chi connectivity index (χ0) is 21.3. The molecule has 158 valence electrons. The number of aryl methyl sites for hydroxylation is 1. The molecule has 0 aliphatic rings. The second-order valence-electron chi connectivity index (χ2n) is 6.97. The van der Waals surface area contributed by atoms with Crippen LogP contribution in [0.2, 0.25) is 0 Å². The van der Waals surface area contributed by atoms with Crippen molar-refractivity contribution in [3.8, 4) is 17.1 Å². The number of thioether (sulfide) groups is 1. The van der Waals surface area contributed by atoms with Crippen molar-refractivity contribution in [1.29, 1.82) is 0 Å². The zero-order valence-electron chi connectivity index (χ0n) is 17.7. The van der Waals surface area contributed by atoms with Crippen LogP contribution in [0.25, 0.3) is 11.4 Å². The second-order valence-corrected chi connectivity index (χ2v) is 8.28. The number of hydrogen-bond donors (Lipinski definition) is 1. The van der Waals surface area contributed by atoms with Gasteiger partial charge in [0, 0.05) is 18.7 Å². The first-order valence-electron chi connectivity index (χ1n) is 10.2. The molecule has 1 atom stereocenters. The molecule has 2 aromatic carbocycles. The minimum Gasteiger partial charge on any atom is -0.497 e. The van der Waals surface area contributed by atoms with Gasteiger partial charge in [-0.1, -0.05) is 49.0 Å². The van der Waals surface area contributed by atoms with Crippen molar-refractivity contribution in [1.82, 2.24) is 20.1 Å². The van der Waals surface area contributed by atoms with Gasteiger partial charge in [0.25, 0.3) is 0 Å². The summed E-state index contributed by atoms with van der Waals surface area (Å²) in [7, 11) is 1.65. The average molecular weight is 425 g/mol. The van der Waals surface area contributed by atoms with Gasteiger partial charge in [-0.05, 0) is 49.6 Å². The monoisotopic (exact) mass is 424 g/mol. The summed E-state index contributed by atoms with van der Waals surface area (Å²) >= 11 is 1.44. The Labute approximate surface area is 182 Å². The van der Waals surface area contributed by atoms with E-state index in [0.717, 1.165) is 41.7 Å². The third kappa shape index (κ3) is 5.63. The van der Waals surface area contributed by atoms with Gasteiger partial charge >= 0.3 is 0 Å². The van der Waals surface area contributed by atoms with Crippen molar-refractivity contribution in [2.45, 2.75) is 43.6 Å². The average Bonchev–Trinajstić information content (AvgIpc) is 3.18. The van der Waals surface area contributed by atoms with E-state index in [1.807, 2.05) is 56.3 Å². The van der Waals surface area contributed by atoms with Crippen molar-refractivity contribution in [3.05, 3.63) is 60.2 Å². The molecule has 6 nitrogen and oxygen atoms in total. The van der Waals surface area contributed by atoms with E-state index in [2.05, 4.69) is 32.2 Å². The highest BCUT2D eigenvalue weighted by molar-refractivity contribution is 8.00. The number of benzene rings is 2. The van der Waals surface area contributed by atoms with Gasteiger partial charge in [0.2, 0.25) is 5.91 Å². The van der Waals surface area contributed by atoms with Crippen molar-refractivity contribution in [2.75, 3.05) is 13.7 Å². The number of hydrogen-bond acceptors (Lipinski definition) is 5. The Balaban J connectivity index is 1.85. The number of amides is 1. The van der Waals surface area contributed by atoms with E-state index in [1.165, 1.54) is 17.3 Å². The molecule has 0 aliphatic carbocycles. The fourth-order valence-corrected chi connectivity index (χ4v) is 3.92. The standard InChI is InChI=1S/C23H28N4O2S/c1-4-15-24-22(28)17(2)30-23-26-25-21(19-10-12-20(29-3)13-11-19)27(23)16-14-18-8-6-5-7-9-18/h5-13,17H,4,14-16H2,1-3H3,(H,24,28). The number of rotatable bonds is 10. The normalized spacial score (nSPS) is 11.8. The maximum Gasteiger partial charge on any atom is 0.233 e. The lowest BCUT2D eigenvalue weighted by Gasteiger charge is -2.14. The molecule has 30 heavy (non-hydrogen) atoms. The predicted octanol–water partition coefficient (Wildman–Crippen LogP) is 4.20. The molecule has 1 N–H and O–H groups in total. The Morgan fingerprint density at radius 1 is 1.13 bits per heavy atom. The molecule has 0 aliphatic heterocycles. The van der Waals surface area contributed by atoms with Gasteiger partial charge in [0.15, 0.2) is 11.0 Å². The fraction of sp³-hybridized carbons (Fsp3) is 0.348. The Kier molecular flexibility index (Phi) is 7.90. The number of methoxy groups -OCH3 is 1. The lowest BCUT2D eigenvalue weighted by atomic mass is 10.1. The predicted molar refractivity (Wildman–Crippen MR) is 121 cm³/mol. The van der Waals surface area contributed by atoms with Crippen molar-refractivity contribution < 1.29 is 9.53 Å². The molecule has 0 radical (unpaired) electrons. The smallest absolute Gasteiger partial charge is 0.233 e. The Morgan fingerprint density at radius 2 is 1.87 bits per heavy atom. The van der Waals surface area contributed by atoms with Crippen LogP contribution in [-0.2, 0) is 17.8 Å². The molecule has 0 saturated heterocycles. The van der Waals surface area contributed by atoms with E-state index in [9.17, 15) is 4.79 Å². The number of nitrogens with zero attached hydrogens (tertiary/aromatic N) is 3. The highest BCUT2D eigenvalue weighted by Gasteiger charge is 2.20. The zero-order valence-corrected chi connectivity index (χ0v) is 18.5. The number of aromatic nitrogens is 3. The molecule has 1 heterocycles. The van der Waals surface area contributed by atoms with Gasteiger partial charge in [-0.3, -0.25) is 4.79 Å². The molecule has 1 amide bonds. The van der Waals surface area contributed by atoms with Crippen LogP contribution >= 0.6 is 11.8 Å². The first-order valence-corrected chi connectivity index (χ1v) is 11.1. The summed E-state index contributed by atoms with van der Waals surface area (Å²) in [4.78, 5) is 12.3. The number of ether oxygens (including phenoxy) is 1. The highest BCUT2D eigenvalue weighted by atomic mass is 32.2. The van der Waals surface area contributed by atoms with Crippen LogP contribution in [0.15, 0.2) is 59.8 Å². The van der Waals surface area contributed by atoms with Crippen LogP contribution in [0.5, 0.6) is 5.75 Å². The number of nitrogens with one attached hydrogen (secondary N) is 1. The van der Waals surface area contributed by atoms with Crippen LogP contribution in [-0.4, -0.2) is 39.6 Å². The topological polar surface area (TPSA) is 69.0 Å². The molecular formula is C23H28N4O2S.